The van der Waals surface area contributed by atoms with Crippen molar-refractivity contribution in [2.24, 2.45) is 0 Å². The number of aryl methyl sites for hydroxylation is 1. The number of amides is 2. The molecule has 0 saturated carbocycles. The summed E-state index contributed by atoms with van der Waals surface area (Å²) in [7, 11) is 0. The number of rotatable bonds is 11. The van der Waals surface area contributed by atoms with E-state index in [4.69, 9.17) is 27.9 Å². The molecule has 32 heavy (non-hydrogen) atoms. The van der Waals surface area contributed by atoms with Crippen LogP contribution in [0.3, 0.4) is 0 Å². The molecule has 2 aromatic rings. The standard InChI is InChI=1S/C25H32Cl2N2O3/c1-5-23(25(31)28-17(2)3)29(16-20-21(26)8-6-9-22(20)27)24(30)10-7-15-32-19-13-11-18(4)12-14-19/h6,8-9,11-14,17,23H,5,7,10,15-16H2,1-4H3,(H,28,31). The van der Waals surface area contributed by atoms with Crippen molar-refractivity contribution in [3.63, 3.8) is 0 Å². The van der Waals surface area contributed by atoms with Crippen molar-refractivity contribution >= 4 is 35.0 Å². The zero-order chi connectivity index (χ0) is 23.7. The first-order valence-corrected chi connectivity index (χ1v) is 11.7. The summed E-state index contributed by atoms with van der Waals surface area (Å²) in [5.74, 6) is 0.444. The minimum atomic E-state index is -0.616. The Morgan fingerprint density at radius 2 is 1.69 bits per heavy atom. The van der Waals surface area contributed by atoms with Crippen LogP contribution in [0, 0.1) is 6.92 Å². The van der Waals surface area contributed by atoms with Crippen LogP contribution >= 0.6 is 23.2 Å². The van der Waals surface area contributed by atoms with E-state index in [1.165, 1.54) is 0 Å². The van der Waals surface area contributed by atoms with E-state index in [2.05, 4.69) is 5.32 Å². The van der Waals surface area contributed by atoms with Crippen LogP contribution in [0.2, 0.25) is 10.0 Å². The maximum atomic E-state index is 13.2. The van der Waals surface area contributed by atoms with Gasteiger partial charge >= 0.3 is 0 Å². The van der Waals surface area contributed by atoms with Gasteiger partial charge in [0, 0.05) is 34.6 Å². The van der Waals surface area contributed by atoms with Gasteiger partial charge < -0.3 is 15.0 Å². The summed E-state index contributed by atoms with van der Waals surface area (Å²) < 4.78 is 5.74. The van der Waals surface area contributed by atoms with Crippen molar-refractivity contribution in [2.75, 3.05) is 6.61 Å². The van der Waals surface area contributed by atoms with Crippen LogP contribution in [0.1, 0.15) is 51.2 Å². The molecule has 0 spiro atoms. The van der Waals surface area contributed by atoms with E-state index < -0.39 is 6.04 Å². The summed E-state index contributed by atoms with van der Waals surface area (Å²) in [5, 5.41) is 3.85. The van der Waals surface area contributed by atoms with E-state index >= 15 is 0 Å². The predicted octanol–water partition coefficient (Wildman–Crippen LogP) is 5.79. The molecule has 1 N–H and O–H groups in total. The van der Waals surface area contributed by atoms with Gasteiger partial charge in [0.1, 0.15) is 11.8 Å². The third-order valence-electron chi connectivity index (χ3n) is 5.03. The Kier molecular flexibility index (Phi) is 10.3. The van der Waals surface area contributed by atoms with E-state index in [0.717, 1.165) is 11.3 Å². The first-order valence-electron chi connectivity index (χ1n) is 10.9. The first kappa shape index (κ1) is 26.0. The maximum absolute atomic E-state index is 13.2. The lowest BCUT2D eigenvalue weighted by Gasteiger charge is -2.31. The van der Waals surface area contributed by atoms with E-state index in [1.54, 1.807) is 23.1 Å². The highest BCUT2D eigenvalue weighted by molar-refractivity contribution is 6.36. The molecular formula is C25H32Cl2N2O3. The van der Waals surface area contributed by atoms with E-state index in [1.807, 2.05) is 52.0 Å². The zero-order valence-corrected chi connectivity index (χ0v) is 20.7. The minimum Gasteiger partial charge on any atom is -0.494 e. The Morgan fingerprint density at radius 3 is 2.25 bits per heavy atom. The largest absolute Gasteiger partial charge is 0.494 e. The number of hydrogen-bond donors (Lipinski definition) is 1. The molecule has 0 heterocycles. The number of hydrogen-bond acceptors (Lipinski definition) is 3. The molecular weight excluding hydrogens is 447 g/mol. The van der Waals surface area contributed by atoms with Crippen LogP contribution < -0.4 is 10.1 Å². The second-order valence-corrected chi connectivity index (χ2v) is 8.89. The van der Waals surface area contributed by atoms with Crippen molar-refractivity contribution < 1.29 is 14.3 Å². The highest BCUT2D eigenvalue weighted by atomic mass is 35.5. The maximum Gasteiger partial charge on any atom is 0.243 e. The summed E-state index contributed by atoms with van der Waals surface area (Å²) in [5.41, 5.74) is 1.79. The van der Waals surface area contributed by atoms with Crippen molar-refractivity contribution in [2.45, 2.75) is 65.6 Å². The number of carbonyl (C=O) groups is 2. The fourth-order valence-corrected chi connectivity index (χ4v) is 3.86. The summed E-state index contributed by atoms with van der Waals surface area (Å²) in [6, 6.07) is 12.4. The van der Waals surface area contributed by atoms with Gasteiger partial charge in [-0.2, -0.15) is 0 Å². The molecule has 0 saturated heterocycles. The molecule has 0 aliphatic carbocycles. The Morgan fingerprint density at radius 1 is 1.06 bits per heavy atom. The zero-order valence-electron chi connectivity index (χ0n) is 19.2. The molecule has 2 aromatic carbocycles. The van der Waals surface area contributed by atoms with Gasteiger partial charge in [0.05, 0.1) is 6.61 Å². The van der Waals surface area contributed by atoms with Crippen LogP contribution in [0.15, 0.2) is 42.5 Å². The van der Waals surface area contributed by atoms with Gasteiger partial charge in [-0.25, -0.2) is 0 Å². The van der Waals surface area contributed by atoms with Gasteiger partial charge in [0.15, 0.2) is 0 Å². The van der Waals surface area contributed by atoms with Crippen LogP contribution in [0.4, 0.5) is 0 Å². The van der Waals surface area contributed by atoms with Crippen molar-refractivity contribution in [3.8, 4) is 5.75 Å². The number of ether oxygens (including phenoxy) is 1. The number of carbonyl (C=O) groups excluding carboxylic acids is 2. The molecule has 0 radical (unpaired) electrons. The fraction of sp³-hybridized carbons (Fsp3) is 0.440. The van der Waals surface area contributed by atoms with Gasteiger partial charge in [-0.15, -0.1) is 0 Å². The SMILES string of the molecule is CCC(C(=O)NC(C)C)N(Cc1c(Cl)cccc1Cl)C(=O)CCCOc1ccc(C)cc1. The van der Waals surface area contributed by atoms with Gasteiger partial charge in [-0.05, 0) is 57.9 Å². The summed E-state index contributed by atoms with van der Waals surface area (Å²) >= 11 is 12.7. The van der Waals surface area contributed by atoms with Gasteiger partial charge in [-0.1, -0.05) is 53.9 Å². The molecule has 5 nitrogen and oxygen atoms in total. The van der Waals surface area contributed by atoms with Crippen LogP contribution in [0.25, 0.3) is 0 Å². The average Bonchev–Trinajstić information content (AvgIpc) is 2.73. The van der Waals surface area contributed by atoms with Crippen molar-refractivity contribution in [1.29, 1.82) is 0 Å². The monoisotopic (exact) mass is 478 g/mol. The smallest absolute Gasteiger partial charge is 0.243 e. The molecule has 174 valence electrons. The van der Waals surface area contributed by atoms with E-state index in [-0.39, 0.29) is 30.8 Å². The fourth-order valence-electron chi connectivity index (χ4n) is 3.35. The van der Waals surface area contributed by atoms with E-state index in [9.17, 15) is 9.59 Å². The lowest BCUT2D eigenvalue weighted by molar-refractivity contribution is -0.141. The summed E-state index contributed by atoms with van der Waals surface area (Å²) in [6.45, 7) is 8.26. The van der Waals surface area contributed by atoms with Crippen molar-refractivity contribution in [3.05, 3.63) is 63.6 Å². The Labute approximate surface area is 201 Å². The summed E-state index contributed by atoms with van der Waals surface area (Å²) in [4.78, 5) is 27.6. The first-order chi connectivity index (χ1) is 15.2. The van der Waals surface area contributed by atoms with Crippen molar-refractivity contribution in [1.82, 2.24) is 10.2 Å². The molecule has 1 unspecified atom stereocenters. The number of halogens is 2. The normalized spacial score (nSPS) is 11.8. The lowest BCUT2D eigenvalue weighted by Crippen LogP contribution is -2.50. The third kappa shape index (κ3) is 7.72. The van der Waals surface area contributed by atoms with Gasteiger partial charge in [-0.3, -0.25) is 9.59 Å². The molecule has 0 bridgehead atoms. The van der Waals surface area contributed by atoms with Gasteiger partial charge in [0.25, 0.3) is 0 Å². The predicted molar refractivity (Wildman–Crippen MR) is 130 cm³/mol. The molecule has 2 amide bonds. The minimum absolute atomic E-state index is 0.0275. The van der Waals surface area contributed by atoms with Gasteiger partial charge in [0.2, 0.25) is 11.8 Å². The molecule has 0 aliphatic heterocycles. The second-order valence-electron chi connectivity index (χ2n) is 8.07. The number of nitrogens with zero attached hydrogens (tertiary/aromatic N) is 1. The lowest BCUT2D eigenvalue weighted by atomic mass is 10.1. The average molecular weight is 479 g/mol. The molecule has 0 aliphatic rings. The second kappa shape index (κ2) is 12.7. The number of benzene rings is 2. The third-order valence-corrected chi connectivity index (χ3v) is 5.74. The topological polar surface area (TPSA) is 58.6 Å². The quantitative estimate of drug-likeness (QED) is 0.415. The molecule has 0 fully saturated rings. The highest BCUT2D eigenvalue weighted by Gasteiger charge is 2.29. The molecule has 1 atom stereocenters. The number of nitrogens with one attached hydrogen (secondary N) is 1. The van der Waals surface area contributed by atoms with Crippen LogP contribution in [-0.4, -0.2) is 35.4 Å². The molecule has 7 heteroatoms. The van der Waals surface area contributed by atoms with Crippen LogP contribution in [0.5, 0.6) is 5.75 Å². The Bertz CT molecular complexity index is 880. The molecule has 0 aromatic heterocycles. The Hall–Kier alpha value is -2.24. The summed E-state index contributed by atoms with van der Waals surface area (Å²) in [6.07, 6.45) is 1.26. The van der Waals surface area contributed by atoms with Crippen LogP contribution in [-0.2, 0) is 16.1 Å². The highest BCUT2D eigenvalue weighted by Crippen LogP contribution is 2.27. The Balaban J connectivity index is 2.12. The molecule has 2 rings (SSSR count). The van der Waals surface area contributed by atoms with E-state index in [0.29, 0.717) is 35.1 Å².